The summed E-state index contributed by atoms with van der Waals surface area (Å²) in [5, 5.41) is 2.41. The molecule has 0 aliphatic carbocycles. The van der Waals surface area contributed by atoms with Crippen molar-refractivity contribution in [1.29, 1.82) is 0 Å². The number of hydrogen-bond acceptors (Lipinski definition) is 4. The zero-order valence-electron chi connectivity index (χ0n) is 15.9. The molecule has 3 rings (SSSR count). The van der Waals surface area contributed by atoms with Gasteiger partial charge in [-0.15, -0.1) is 11.3 Å². The van der Waals surface area contributed by atoms with E-state index >= 15 is 0 Å². The SMILES string of the molecule is CCN(C)C(=O)c1cccc(OCc2csc(-c3ccc(C(F)(F)F)cc3)n2)c1. The Balaban J connectivity index is 1.66. The minimum atomic E-state index is -4.36. The van der Waals surface area contributed by atoms with Gasteiger partial charge in [-0.1, -0.05) is 18.2 Å². The Morgan fingerprint density at radius 1 is 1.17 bits per heavy atom. The van der Waals surface area contributed by atoms with Gasteiger partial charge in [0.05, 0.1) is 11.3 Å². The van der Waals surface area contributed by atoms with Crippen LogP contribution in [-0.2, 0) is 12.8 Å². The summed E-state index contributed by atoms with van der Waals surface area (Å²) >= 11 is 1.33. The Hall–Kier alpha value is -2.87. The average Bonchev–Trinajstić information content (AvgIpc) is 3.20. The number of hydrogen-bond donors (Lipinski definition) is 0. The fourth-order valence-electron chi connectivity index (χ4n) is 2.55. The van der Waals surface area contributed by atoms with Crippen LogP contribution in [0.25, 0.3) is 10.6 Å². The minimum absolute atomic E-state index is 0.0869. The first kappa shape index (κ1) is 20.9. The Morgan fingerprint density at radius 2 is 1.90 bits per heavy atom. The second-order valence-electron chi connectivity index (χ2n) is 6.35. The lowest BCUT2D eigenvalue weighted by Gasteiger charge is -2.15. The van der Waals surface area contributed by atoms with E-state index < -0.39 is 11.7 Å². The molecular weight excluding hydrogens is 401 g/mol. The topological polar surface area (TPSA) is 42.4 Å². The van der Waals surface area contributed by atoms with Gasteiger partial charge in [-0.3, -0.25) is 4.79 Å². The third-order valence-corrected chi connectivity index (χ3v) is 5.24. The van der Waals surface area contributed by atoms with Gasteiger partial charge >= 0.3 is 6.18 Å². The first-order valence-electron chi connectivity index (χ1n) is 8.88. The van der Waals surface area contributed by atoms with Crippen LogP contribution >= 0.6 is 11.3 Å². The van der Waals surface area contributed by atoms with Crippen molar-refractivity contribution in [3.63, 3.8) is 0 Å². The Morgan fingerprint density at radius 3 is 2.55 bits per heavy atom. The largest absolute Gasteiger partial charge is 0.487 e. The molecular formula is C21H19F3N2O2S. The minimum Gasteiger partial charge on any atom is -0.487 e. The summed E-state index contributed by atoms with van der Waals surface area (Å²) in [6.45, 7) is 2.70. The van der Waals surface area contributed by atoms with Crippen LogP contribution in [0.5, 0.6) is 5.75 Å². The fourth-order valence-corrected chi connectivity index (χ4v) is 3.36. The molecule has 0 bridgehead atoms. The maximum absolute atomic E-state index is 12.7. The van der Waals surface area contributed by atoms with Crippen molar-refractivity contribution in [2.75, 3.05) is 13.6 Å². The molecule has 1 aromatic heterocycles. The molecule has 8 heteroatoms. The summed E-state index contributed by atoms with van der Waals surface area (Å²) in [6.07, 6.45) is -4.36. The van der Waals surface area contributed by atoms with Crippen LogP contribution in [0.1, 0.15) is 28.5 Å². The van der Waals surface area contributed by atoms with Crippen molar-refractivity contribution in [3.05, 3.63) is 70.7 Å². The highest BCUT2D eigenvalue weighted by molar-refractivity contribution is 7.13. The van der Waals surface area contributed by atoms with Gasteiger partial charge in [-0.25, -0.2) is 4.98 Å². The normalized spacial score (nSPS) is 11.3. The van der Waals surface area contributed by atoms with Gasteiger partial charge < -0.3 is 9.64 Å². The molecule has 0 aliphatic heterocycles. The molecule has 152 valence electrons. The van der Waals surface area contributed by atoms with Gasteiger partial charge in [0, 0.05) is 30.1 Å². The molecule has 0 atom stereocenters. The summed E-state index contributed by atoms with van der Waals surface area (Å²) in [7, 11) is 1.73. The molecule has 2 aromatic carbocycles. The second-order valence-corrected chi connectivity index (χ2v) is 7.21. The van der Waals surface area contributed by atoms with Crippen LogP contribution in [0.3, 0.4) is 0 Å². The number of rotatable bonds is 6. The van der Waals surface area contributed by atoms with Gasteiger partial charge in [0.15, 0.2) is 0 Å². The van der Waals surface area contributed by atoms with E-state index in [-0.39, 0.29) is 12.5 Å². The van der Waals surface area contributed by atoms with Crippen molar-refractivity contribution in [3.8, 4) is 16.3 Å². The van der Waals surface area contributed by atoms with E-state index in [9.17, 15) is 18.0 Å². The Bertz CT molecular complexity index is 984. The van der Waals surface area contributed by atoms with Crippen LogP contribution in [0.2, 0.25) is 0 Å². The zero-order chi connectivity index (χ0) is 21.0. The highest BCUT2D eigenvalue weighted by Gasteiger charge is 2.30. The average molecular weight is 420 g/mol. The molecule has 0 N–H and O–H groups in total. The molecule has 0 saturated heterocycles. The van der Waals surface area contributed by atoms with Gasteiger partial charge in [-0.2, -0.15) is 13.2 Å². The van der Waals surface area contributed by atoms with E-state index in [0.29, 0.717) is 34.1 Å². The lowest BCUT2D eigenvalue weighted by molar-refractivity contribution is -0.137. The summed E-state index contributed by atoms with van der Waals surface area (Å²) in [5.41, 5.74) is 1.12. The first-order valence-corrected chi connectivity index (χ1v) is 9.76. The third-order valence-electron chi connectivity index (χ3n) is 4.30. The Labute approximate surface area is 170 Å². The van der Waals surface area contributed by atoms with Gasteiger partial charge in [0.1, 0.15) is 17.4 Å². The van der Waals surface area contributed by atoms with Crippen molar-refractivity contribution < 1.29 is 22.7 Å². The van der Waals surface area contributed by atoms with Gasteiger partial charge in [-0.05, 0) is 37.3 Å². The van der Waals surface area contributed by atoms with E-state index in [4.69, 9.17) is 4.74 Å². The number of amides is 1. The molecule has 0 saturated carbocycles. The van der Waals surface area contributed by atoms with Crippen molar-refractivity contribution in [2.45, 2.75) is 19.7 Å². The molecule has 3 aromatic rings. The van der Waals surface area contributed by atoms with E-state index in [1.807, 2.05) is 6.92 Å². The molecule has 1 amide bonds. The number of halogens is 3. The van der Waals surface area contributed by atoms with Crippen molar-refractivity contribution in [1.82, 2.24) is 9.88 Å². The highest BCUT2D eigenvalue weighted by atomic mass is 32.1. The van der Waals surface area contributed by atoms with E-state index in [1.165, 1.54) is 23.5 Å². The predicted octanol–water partition coefficient (Wildman–Crippen LogP) is 5.50. The number of carbonyl (C=O) groups is 1. The number of nitrogens with zero attached hydrogens (tertiary/aromatic N) is 2. The summed E-state index contributed by atoms with van der Waals surface area (Å²) in [6, 6.07) is 11.8. The maximum Gasteiger partial charge on any atom is 0.416 e. The van der Waals surface area contributed by atoms with Gasteiger partial charge in [0.2, 0.25) is 0 Å². The highest BCUT2D eigenvalue weighted by Crippen LogP contribution is 2.32. The van der Waals surface area contributed by atoms with Crippen molar-refractivity contribution in [2.24, 2.45) is 0 Å². The van der Waals surface area contributed by atoms with Crippen LogP contribution < -0.4 is 4.74 Å². The number of ether oxygens (including phenoxy) is 1. The standard InChI is InChI=1S/C21H19F3N2O2S/c1-3-26(2)20(27)15-5-4-6-18(11-15)28-12-17-13-29-19(25-17)14-7-9-16(10-8-14)21(22,23)24/h4-11,13H,3,12H2,1-2H3. The van der Waals surface area contributed by atoms with Gasteiger partial charge in [0.25, 0.3) is 5.91 Å². The second kappa shape index (κ2) is 8.65. The van der Waals surface area contributed by atoms with Crippen molar-refractivity contribution >= 4 is 17.2 Å². The van der Waals surface area contributed by atoms with Crippen LogP contribution in [0, 0.1) is 0 Å². The zero-order valence-corrected chi connectivity index (χ0v) is 16.7. The molecule has 0 fully saturated rings. The van der Waals surface area contributed by atoms with E-state index in [2.05, 4.69) is 4.98 Å². The Kier molecular flexibility index (Phi) is 6.22. The lowest BCUT2D eigenvalue weighted by atomic mass is 10.1. The molecule has 29 heavy (non-hydrogen) atoms. The summed E-state index contributed by atoms with van der Waals surface area (Å²) in [4.78, 5) is 18.3. The molecule has 0 unspecified atom stereocenters. The van der Waals surface area contributed by atoms with E-state index in [0.717, 1.165) is 12.1 Å². The molecule has 1 heterocycles. The van der Waals surface area contributed by atoms with E-state index in [1.54, 1.807) is 41.6 Å². The molecule has 0 spiro atoms. The quantitative estimate of drug-likeness (QED) is 0.529. The predicted molar refractivity (Wildman–Crippen MR) is 106 cm³/mol. The smallest absolute Gasteiger partial charge is 0.416 e. The number of alkyl halides is 3. The van der Waals surface area contributed by atoms with Crippen LogP contribution in [-0.4, -0.2) is 29.4 Å². The number of thiazole rings is 1. The third kappa shape index (κ3) is 5.14. The summed E-state index contributed by atoms with van der Waals surface area (Å²) < 4.78 is 43.8. The summed E-state index contributed by atoms with van der Waals surface area (Å²) in [5.74, 6) is 0.459. The number of benzene rings is 2. The van der Waals surface area contributed by atoms with Crippen LogP contribution in [0.4, 0.5) is 13.2 Å². The lowest BCUT2D eigenvalue weighted by Crippen LogP contribution is -2.26. The van der Waals surface area contributed by atoms with Crippen LogP contribution in [0.15, 0.2) is 53.9 Å². The maximum atomic E-state index is 12.7. The fraction of sp³-hybridized carbons (Fsp3) is 0.238. The molecule has 0 radical (unpaired) electrons. The number of carbonyl (C=O) groups excluding carboxylic acids is 1. The molecule has 4 nitrogen and oxygen atoms in total. The first-order chi connectivity index (χ1) is 13.8. The monoisotopic (exact) mass is 420 g/mol. The molecule has 0 aliphatic rings. The number of aromatic nitrogens is 1.